The van der Waals surface area contributed by atoms with Gasteiger partial charge in [-0.05, 0) is 0 Å². The molecule has 0 heterocycles. The molecular formula is H3NaNiO2. The van der Waals surface area contributed by atoms with Gasteiger partial charge < -0.3 is 5.48 Å². The Bertz CT molecular complexity index is 6.00. The molecule has 4 heavy (non-hydrogen) atoms. The summed E-state index contributed by atoms with van der Waals surface area (Å²) in [4.78, 5) is 0. The summed E-state index contributed by atoms with van der Waals surface area (Å²) >= 11 is 2.62. The third-order valence-electron chi connectivity index (χ3n) is 0. The van der Waals surface area contributed by atoms with Crippen molar-refractivity contribution < 1.29 is 24.8 Å². The zero-order chi connectivity index (χ0) is 2.00. The van der Waals surface area contributed by atoms with E-state index in [1.165, 1.54) is 0 Å². The second-order valence-electron chi connectivity index (χ2n) is 0. The van der Waals surface area contributed by atoms with Crippen LogP contribution in [-0.2, 0) is 19.3 Å². The molecule has 0 aromatic heterocycles. The molecule has 0 aliphatic rings. The van der Waals surface area contributed by atoms with E-state index in [0.29, 0.717) is 0 Å². The Morgan fingerprint density at radius 3 is 1.25 bits per heavy atom. The summed E-state index contributed by atoms with van der Waals surface area (Å²) in [6.45, 7) is 0. The molecule has 0 aromatic rings. The molecule has 0 bridgehead atoms. The van der Waals surface area contributed by atoms with Gasteiger partial charge in [-0.15, -0.1) is 0 Å². The standard InChI is InChI=1S/Na.Ni.H2O.O.H/h;;1H2;;. The van der Waals surface area contributed by atoms with Gasteiger partial charge in [-0.25, -0.2) is 0 Å². The summed E-state index contributed by atoms with van der Waals surface area (Å²) < 4.78 is 7.88. The van der Waals surface area contributed by atoms with Gasteiger partial charge in [0.2, 0.25) is 0 Å². The van der Waals surface area contributed by atoms with E-state index < -0.39 is 0 Å². The van der Waals surface area contributed by atoms with Gasteiger partial charge in [0.05, 0.1) is 0 Å². The predicted octanol–water partition coefficient (Wildman–Crippen LogP) is -1.59. The summed E-state index contributed by atoms with van der Waals surface area (Å²) in [7, 11) is 0. The molecule has 2 N–H and O–H groups in total. The van der Waals surface area contributed by atoms with Crippen molar-refractivity contribution in [2.24, 2.45) is 0 Å². The van der Waals surface area contributed by atoms with Crippen molar-refractivity contribution in [3.05, 3.63) is 0 Å². The molecule has 0 aromatic carbocycles. The van der Waals surface area contributed by atoms with E-state index in [-0.39, 0.29) is 35.0 Å². The number of hydrogen-bond donors (Lipinski definition) is 0. The van der Waals surface area contributed by atoms with Crippen molar-refractivity contribution in [3.63, 3.8) is 0 Å². The maximum absolute atomic E-state index is 7.88. The van der Waals surface area contributed by atoms with E-state index in [1.54, 1.807) is 0 Å². The van der Waals surface area contributed by atoms with Crippen molar-refractivity contribution in [2.75, 3.05) is 0 Å². The van der Waals surface area contributed by atoms with Gasteiger partial charge in [-0.1, -0.05) is 0 Å². The Hall–Kier alpha value is 1.25. The molecule has 0 fully saturated rings. The van der Waals surface area contributed by atoms with E-state index >= 15 is 0 Å². The van der Waals surface area contributed by atoms with E-state index in [1.807, 2.05) is 0 Å². The Labute approximate surface area is 54.1 Å². The average Bonchev–Trinajstić information content (AvgIpc) is 1.00. The molecule has 0 spiro atoms. The molecule has 0 saturated carbocycles. The van der Waals surface area contributed by atoms with Gasteiger partial charge in [0.15, 0.2) is 0 Å². The zero-order valence-corrected chi connectivity index (χ0v) is 2.21. The summed E-state index contributed by atoms with van der Waals surface area (Å²) in [5, 5.41) is 0. The van der Waals surface area contributed by atoms with Crippen LogP contribution in [0.1, 0.15) is 0 Å². The van der Waals surface area contributed by atoms with Crippen LogP contribution in [0.2, 0.25) is 0 Å². The quantitative estimate of drug-likeness (QED) is 0.352. The van der Waals surface area contributed by atoms with Crippen LogP contribution in [0, 0.1) is 0 Å². The molecule has 2 nitrogen and oxygen atoms in total. The van der Waals surface area contributed by atoms with Crippen molar-refractivity contribution in [2.45, 2.75) is 0 Å². The van der Waals surface area contributed by atoms with Crippen molar-refractivity contribution in [1.82, 2.24) is 0 Å². The minimum absolute atomic E-state index is 0. The van der Waals surface area contributed by atoms with E-state index in [2.05, 4.69) is 15.4 Å². The first-order chi connectivity index (χ1) is 1.00. The zero-order valence-electron chi connectivity index (χ0n) is 1.22. The molecule has 26 valence electrons. The van der Waals surface area contributed by atoms with E-state index in [9.17, 15) is 0 Å². The van der Waals surface area contributed by atoms with Crippen LogP contribution in [0.15, 0.2) is 0 Å². The molecule has 0 amide bonds. The molecule has 0 radical (unpaired) electrons. The monoisotopic (exact) mass is 116 g/mol. The average molecular weight is 117 g/mol. The second kappa shape index (κ2) is 28.7. The van der Waals surface area contributed by atoms with Gasteiger partial charge in [0.1, 0.15) is 0 Å². The molecule has 0 unspecified atom stereocenters. The SMILES string of the molecule is O.[NaH].[O]=[Ni]. The number of rotatable bonds is 0. The first-order valence-corrected chi connectivity index (χ1v) is 0.532. The van der Waals surface area contributed by atoms with Crippen LogP contribution < -0.4 is 0 Å². The van der Waals surface area contributed by atoms with Gasteiger partial charge >= 0.3 is 48.8 Å². The summed E-state index contributed by atoms with van der Waals surface area (Å²) in [6.07, 6.45) is 0. The topological polar surface area (TPSA) is 48.6 Å². The van der Waals surface area contributed by atoms with Crippen LogP contribution in [0.3, 0.4) is 0 Å². The van der Waals surface area contributed by atoms with Crippen LogP contribution in [0.5, 0.6) is 0 Å². The van der Waals surface area contributed by atoms with Gasteiger partial charge in [-0.2, -0.15) is 0 Å². The van der Waals surface area contributed by atoms with Crippen LogP contribution in [0.4, 0.5) is 0 Å². The predicted molar refractivity (Wildman–Crippen MR) is 11.4 cm³/mol. The second-order valence-corrected chi connectivity index (χ2v) is 0. The fourth-order valence-electron chi connectivity index (χ4n) is 0. The van der Waals surface area contributed by atoms with Crippen molar-refractivity contribution >= 4 is 29.6 Å². The molecule has 0 atom stereocenters. The normalized spacial score (nSPS) is 1.50. The Morgan fingerprint density at radius 2 is 1.25 bits per heavy atom. The molecule has 0 saturated heterocycles. The molecular weight excluding hydrogens is 114 g/mol. The van der Waals surface area contributed by atoms with Crippen LogP contribution >= 0.6 is 0 Å². The fourth-order valence-corrected chi connectivity index (χ4v) is 0. The third-order valence-corrected chi connectivity index (χ3v) is 0. The van der Waals surface area contributed by atoms with Gasteiger partial charge in [0.25, 0.3) is 0 Å². The van der Waals surface area contributed by atoms with E-state index in [4.69, 9.17) is 3.90 Å². The van der Waals surface area contributed by atoms with Crippen molar-refractivity contribution in [1.29, 1.82) is 0 Å². The Balaban J connectivity index is -0.00000000500. The Kier molecular flexibility index (Phi) is 134. The maximum atomic E-state index is 7.88. The van der Waals surface area contributed by atoms with Crippen LogP contribution in [0.25, 0.3) is 0 Å². The molecule has 0 aliphatic carbocycles. The summed E-state index contributed by atoms with van der Waals surface area (Å²) in [5.74, 6) is 0. The Morgan fingerprint density at radius 1 is 1.25 bits per heavy atom. The first kappa shape index (κ1) is 18.7. The summed E-state index contributed by atoms with van der Waals surface area (Å²) in [5.41, 5.74) is 0. The fraction of sp³-hybridized carbons (Fsp3) is 0. The molecule has 0 aliphatic heterocycles. The summed E-state index contributed by atoms with van der Waals surface area (Å²) in [6, 6.07) is 0. The first-order valence-electron chi connectivity index (χ1n) is 0.129. The molecule has 0 rings (SSSR count). The number of hydrogen-bond acceptors (Lipinski definition) is 1. The van der Waals surface area contributed by atoms with E-state index in [0.717, 1.165) is 0 Å². The third kappa shape index (κ3) is 10.5. The van der Waals surface area contributed by atoms with Gasteiger partial charge in [0, 0.05) is 0 Å². The minimum atomic E-state index is 0. The van der Waals surface area contributed by atoms with Crippen LogP contribution in [-0.4, -0.2) is 35.0 Å². The molecule has 4 heteroatoms. The van der Waals surface area contributed by atoms with Crippen molar-refractivity contribution in [3.8, 4) is 0 Å². The van der Waals surface area contributed by atoms with Gasteiger partial charge in [-0.3, -0.25) is 0 Å².